The maximum atomic E-state index is 13.4. The van der Waals surface area contributed by atoms with Crippen molar-refractivity contribution in [1.82, 2.24) is 15.1 Å². The van der Waals surface area contributed by atoms with Gasteiger partial charge in [-0.15, -0.1) is 0 Å². The second-order valence-electron chi connectivity index (χ2n) is 4.21. The van der Waals surface area contributed by atoms with Crippen LogP contribution in [0, 0.1) is 5.82 Å². The molecule has 0 saturated carbocycles. The molecule has 18 heavy (non-hydrogen) atoms. The van der Waals surface area contributed by atoms with E-state index >= 15 is 0 Å². The summed E-state index contributed by atoms with van der Waals surface area (Å²) in [5.74, 6) is -0.384. The summed E-state index contributed by atoms with van der Waals surface area (Å²) in [5, 5.41) is 7.69. The van der Waals surface area contributed by atoms with Gasteiger partial charge in [0.05, 0.1) is 16.8 Å². The standard InChI is InChI=1S/C13H15ClFN3/c1-16-13(12-5-6-18(2)17-12)8-9-3-4-10(14)11(15)7-9/h3-7,13,16H,8H2,1-2H3. The smallest absolute Gasteiger partial charge is 0.142 e. The molecule has 0 aliphatic carbocycles. The van der Waals surface area contributed by atoms with Crippen molar-refractivity contribution in [2.45, 2.75) is 12.5 Å². The highest BCUT2D eigenvalue weighted by molar-refractivity contribution is 6.30. The van der Waals surface area contributed by atoms with E-state index in [9.17, 15) is 4.39 Å². The first-order valence-corrected chi connectivity index (χ1v) is 6.08. The minimum atomic E-state index is -0.384. The first kappa shape index (κ1) is 13.1. The van der Waals surface area contributed by atoms with Crippen LogP contribution in [0.5, 0.6) is 0 Å². The second-order valence-corrected chi connectivity index (χ2v) is 4.62. The quantitative estimate of drug-likeness (QED) is 0.923. The summed E-state index contributed by atoms with van der Waals surface area (Å²) in [5.41, 5.74) is 1.83. The van der Waals surface area contributed by atoms with Crippen LogP contribution < -0.4 is 5.32 Å². The Morgan fingerprint density at radius 1 is 1.44 bits per heavy atom. The third-order valence-corrected chi connectivity index (χ3v) is 3.17. The molecule has 1 atom stereocenters. The van der Waals surface area contributed by atoms with Gasteiger partial charge in [0.15, 0.2) is 0 Å². The maximum Gasteiger partial charge on any atom is 0.142 e. The van der Waals surface area contributed by atoms with Gasteiger partial charge in [0, 0.05) is 13.2 Å². The molecule has 0 radical (unpaired) electrons. The molecule has 0 amide bonds. The van der Waals surface area contributed by atoms with Crippen molar-refractivity contribution in [1.29, 1.82) is 0 Å². The Balaban J connectivity index is 2.17. The van der Waals surface area contributed by atoms with Gasteiger partial charge in [0.1, 0.15) is 5.82 Å². The van der Waals surface area contributed by atoms with Gasteiger partial charge in [-0.3, -0.25) is 4.68 Å². The van der Waals surface area contributed by atoms with Crippen molar-refractivity contribution >= 4 is 11.6 Å². The number of hydrogen-bond donors (Lipinski definition) is 1. The zero-order chi connectivity index (χ0) is 13.1. The summed E-state index contributed by atoms with van der Waals surface area (Å²) in [6.45, 7) is 0. The fraction of sp³-hybridized carbons (Fsp3) is 0.308. The molecule has 0 bridgehead atoms. The second kappa shape index (κ2) is 5.50. The normalized spacial score (nSPS) is 12.7. The van der Waals surface area contributed by atoms with Gasteiger partial charge in [0.25, 0.3) is 0 Å². The summed E-state index contributed by atoms with van der Waals surface area (Å²) in [7, 11) is 3.74. The first-order valence-electron chi connectivity index (χ1n) is 5.71. The monoisotopic (exact) mass is 267 g/mol. The molecule has 3 nitrogen and oxygen atoms in total. The van der Waals surface area contributed by atoms with Crippen molar-refractivity contribution in [2.24, 2.45) is 7.05 Å². The minimum Gasteiger partial charge on any atom is -0.311 e. The Morgan fingerprint density at radius 2 is 2.22 bits per heavy atom. The summed E-state index contributed by atoms with van der Waals surface area (Å²) in [6.07, 6.45) is 2.56. The molecule has 0 aliphatic heterocycles. The predicted octanol–water partition coefficient (Wildman–Crippen LogP) is 2.72. The molecule has 0 fully saturated rings. The van der Waals surface area contributed by atoms with Crippen LogP contribution in [0.25, 0.3) is 0 Å². The van der Waals surface area contributed by atoms with E-state index in [2.05, 4.69) is 10.4 Å². The van der Waals surface area contributed by atoms with E-state index in [0.717, 1.165) is 11.3 Å². The van der Waals surface area contributed by atoms with E-state index in [1.807, 2.05) is 32.4 Å². The Kier molecular flexibility index (Phi) is 3.99. The van der Waals surface area contributed by atoms with E-state index in [1.165, 1.54) is 6.07 Å². The van der Waals surface area contributed by atoms with Crippen molar-refractivity contribution in [3.8, 4) is 0 Å². The molecule has 0 saturated heterocycles. The Morgan fingerprint density at radius 3 is 2.78 bits per heavy atom. The van der Waals surface area contributed by atoms with Gasteiger partial charge in [-0.1, -0.05) is 17.7 Å². The number of nitrogens with zero attached hydrogens (tertiary/aromatic N) is 2. The average molecular weight is 268 g/mol. The van der Waals surface area contributed by atoms with E-state index < -0.39 is 0 Å². The van der Waals surface area contributed by atoms with E-state index in [4.69, 9.17) is 11.6 Å². The largest absolute Gasteiger partial charge is 0.311 e. The fourth-order valence-electron chi connectivity index (χ4n) is 1.88. The van der Waals surface area contributed by atoms with E-state index in [0.29, 0.717) is 6.42 Å². The number of benzene rings is 1. The molecule has 2 rings (SSSR count). The molecule has 0 spiro atoms. The minimum absolute atomic E-state index is 0.0618. The van der Waals surface area contributed by atoms with Crippen molar-refractivity contribution in [2.75, 3.05) is 7.05 Å². The molecule has 1 aromatic heterocycles. The molecular weight excluding hydrogens is 253 g/mol. The van der Waals surface area contributed by atoms with Gasteiger partial charge < -0.3 is 5.32 Å². The number of aromatic nitrogens is 2. The highest BCUT2D eigenvalue weighted by Gasteiger charge is 2.13. The Hall–Kier alpha value is -1.39. The van der Waals surface area contributed by atoms with Crippen molar-refractivity contribution in [3.05, 3.63) is 52.6 Å². The SMILES string of the molecule is CNC(Cc1ccc(Cl)c(F)c1)c1ccn(C)n1. The van der Waals surface area contributed by atoms with Gasteiger partial charge >= 0.3 is 0 Å². The van der Waals surface area contributed by atoms with Gasteiger partial charge in [-0.25, -0.2) is 4.39 Å². The molecule has 5 heteroatoms. The molecule has 1 unspecified atom stereocenters. The number of nitrogens with one attached hydrogen (secondary N) is 1. The van der Waals surface area contributed by atoms with Crippen LogP contribution in [-0.4, -0.2) is 16.8 Å². The van der Waals surface area contributed by atoms with Crippen LogP contribution in [0.15, 0.2) is 30.5 Å². The van der Waals surface area contributed by atoms with Gasteiger partial charge in [-0.05, 0) is 37.2 Å². The molecule has 1 aromatic carbocycles. The van der Waals surface area contributed by atoms with Crippen molar-refractivity contribution in [3.63, 3.8) is 0 Å². The molecule has 0 aliphatic rings. The average Bonchev–Trinajstić information content (AvgIpc) is 2.77. The van der Waals surface area contributed by atoms with Crippen LogP contribution >= 0.6 is 11.6 Å². The van der Waals surface area contributed by atoms with Crippen LogP contribution in [0.4, 0.5) is 4.39 Å². The van der Waals surface area contributed by atoms with E-state index in [1.54, 1.807) is 10.7 Å². The zero-order valence-electron chi connectivity index (χ0n) is 10.3. The van der Waals surface area contributed by atoms with Gasteiger partial charge in [0.2, 0.25) is 0 Å². The van der Waals surface area contributed by atoms with Crippen LogP contribution in [0.2, 0.25) is 5.02 Å². The highest BCUT2D eigenvalue weighted by atomic mass is 35.5. The summed E-state index contributed by atoms with van der Waals surface area (Å²) in [6, 6.07) is 6.89. The molecule has 96 valence electrons. The lowest BCUT2D eigenvalue weighted by Crippen LogP contribution is -2.19. The number of halogens is 2. The lowest BCUT2D eigenvalue weighted by atomic mass is 10.0. The number of hydrogen-bond acceptors (Lipinski definition) is 2. The summed E-state index contributed by atoms with van der Waals surface area (Å²) < 4.78 is 15.1. The predicted molar refractivity (Wildman–Crippen MR) is 70.1 cm³/mol. The first-order chi connectivity index (χ1) is 8.60. The third kappa shape index (κ3) is 2.89. The van der Waals surface area contributed by atoms with Crippen LogP contribution in [0.1, 0.15) is 17.3 Å². The van der Waals surface area contributed by atoms with Crippen LogP contribution in [-0.2, 0) is 13.5 Å². The third-order valence-electron chi connectivity index (χ3n) is 2.86. The number of aryl methyl sites for hydroxylation is 1. The topological polar surface area (TPSA) is 29.9 Å². The number of likely N-dealkylation sites (N-methyl/N-ethyl adjacent to an activating group) is 1. The van der Waals surface area contributed by atoms with Gasteiger partial charge in [-0.2, -0.15) is 5.10 Å². The zero-order valence-corrected chi connectivity index (χ0v) is 11.1. The Bertz CT molecular complexity index is 539. The molecule has 1 heterocycles. The molecule has 1 N–H and O–H groups in total. The molecular formula is C13H15ClFN3. The fourth-order valence-corrected chi connectivity index (χ4v) is 1.99. The summed E-state index contributed by atoms with van der Waals surface area (Å²) >= 11 is 5.67. The lowest BCUT2D eigenvalue weighted by Gasteiger charge is -2.14. The van der Waals surface area contributed by atoms with Crippen LogP contribution in [0.3, 0.4) is 0 Å². The van der Waals surface area contributed by atoms with Crippen molar-refractivity contribution < 1.29 is 4.39 Å². The maximum absolute atomic E-state index is 13.4. The highest BCUT2D eigenvalue weighted by Crippen LogP contribution is 2.20. The number of rotatable bonds is 4. The summed E-state index contributed by atoms with van der Waals surface area (Å²) in [4.78, 5) is 0. The molecule has 2 aromatic rings. The van der Waals surface area contributed by atoms with E-state index in [-0.39, 0.29) is 16.9 Å². The Labute approximate surface area is 111 Å². The lowest BCUT2D eigenvalue weighted by molar-refractivity contribution is 0.559.